The highest BCUT2D eigenvalue weighted by atomic mass is 35.5. The lowest BCUT2D eigenvalue weighted by Gasteiger charge is -1.86. The maximum Gasteiger partial charge on any atom is 0.0407 e. The monoisotopic (exact) mass is 193 g/mol. The Balaban J connectivity index is 0.000000292. The fraction of sp³-hybridized carbons (Fsp3) is 0. The molecule has 1 rings (SSSR count). The molecule has 1 aromatic carbocycles. The Hall–Kier alpha value is -0.800. The zero-order valence-electron chi connectivity index (χ0n) is 5.38. The van der Waals surface area contributed by atoms with Crippen LogP contribution in [0.5, 0.6) is 0 Å². The first kappa shape index (κ1) is 10.2. The summed E-state index contributed by atoms with van der Waals surface area (Å²) in [5.41, 5.74) is 0. The summed E-state index contributed by atoms with van der Waals surface area (Å²) in [5, 5.41) is 9.81. The standard InChI is InChI=1S/C6H4Cl2.HNO2/c7-5-1-2-6(8)4-3-5;2-1-3/h1-4H;1H. The van der Waals surface area contributed by atoms with E-state index in [0.717, 1.165) is 10.0 Å². The van der Waals surface area contributed by atoms with E-state index < -0.39 is 0 Å². The van der Waals surface area contributed by atoms with Crippen LogP contribution in [0.3, 0.4) is 0 Å². The predicted molar refractivity (Wildman–Crippen MR) is 44.2 cm³/mol. The molecular weight excluding hydrogens is 189 g/mol. The van der Waals surface area contributed by atoms with Gasteiger partial charge in [-0.2, -0.15) is 0 Å². The quantitative estimate of drug-likeness (QED) is 0.500. The van der Waals surface area contributed by atoms with E-state index >= 15 is 0 Å². The highest BCUT2D eigenvalue weighted by Gasteiger charge is 1.83. The summed E-state index contributed by atoms with van der Waals surface area (Å²) in [4.78, 5) is 8.12. The highest BCUT2D eigenvalue weighted by Crippen LogP contribution is 2.12. The smallest absolute Gasteiger partial charge is 0.0407 e. The van der Waals surface area contributed by atoms with Crippen LogP contribution in [-0.2, 0) is 0 Å². The maximum atomic E-state index is 8.12. The van der Waals surface area contributed by atoms with Crippen LogP contribution in [0.1, 0.15) is 0 Å². The van der Waals surface area contributed by atoms with Gasteiger partial charge in [0.2, 0.25) is 0 Å². The van der Waals surface area contributed by atoms with E-state index in [-0.39, 0.29) is 5.34 Å². The third-order valence-electron chi connectivity index (χ3n) is 0.804. The lowest BCUT2D eigenvalue weighted by Crippen LogP contribution is -2.53. The van der Waals surface area contributed by atoms with Gasteiger partial charge in [-0.3, -0.25) is 10.1 Å². The van der Waals surface area contributed by atoms with Crippen LogP contribution in [-0.4, -0.2) is 0 Å². The summed E-state index contributed by atoms with van der Waals surface area (Å²) < 4.78 is 0. The summed E-state index contributed by atoms with van der Waals surface area (Å²) in [5.74, 6) is 0. The molecule has 0 saturated heterocycles. The molecule has 11 heavy (non-hydrogen) atoms. The van der Waals surface area contributed by atoms with Gasteiger partial charge in [-0.1, -0.05) is 23.2 Å². The van der Waals surface area contributed by atoms with Crippen LogP contribution in [0.2, 0.25) is 10.0 Å². The number of benzene rings is 1. The van der Waals surface area contributed by atoms with Crippen LogP contribution in [0.4, 0.5) is 0 Å². The lowest BCUT2D eigenvalue weighted by molar-refractivity contribution is -0.398. The van der Waals surface area contributed by atoms with E-state index in [2.05, 4.69) is 0 Å². The maximum absolute atomic E-state index is 8.12. The fourth-order valence-corrected chi connectivity index (χ4v) is 0.682. The molecule has 0 amide bonds. The predicted octanol–water partition coefficient (Wildman–Crippen LogP) is 1.32. The van der Waals surface area contributed by atoms with Gasteiger partial charge < -0.3 is 0 Å². The van der Waals surface area contributed by atoms with E-state index in [0.29, 0.717) is 0 Å². The minimum absolute atomic E-state index is 0.250. The lowest BCUT2D eigenvalue weighted by atomic mass is 10.4. The Morgan fingerprint density at radius 1 is 1.09 bits per heavy atom. The molecule has 0 spiro atoms. The molecule has 5 heteroatoms. The van der Waals surface area contributed by atoms with Crippen LogP contribution >= 0.6 is 23.2 Å². The van der Waals surface area contributed by atoms with Crippen molar-refractivity contribution in [2.75, 3.05) is 0 Å². The van der Waals surface area contributed by atoms with E-state index in [1.165, 1.54) is 0 Å². The third-order valence-corrected chi connectivity index (χ3v) is 1.31. The van der Waals surface area contributed by atoms with Crippen LogP contribution in [0, 0.1) is 10.1 Å². The number of rotatable bonds is 0. The molecule has 0 radical (unpaired) electrons. The molecule has 0 saturated carbocycles. The molecule has 0 aromatic heterocycles. The van der Waals surface area contributed by atoms with E-state index in [9.17, 15) is 0 Å². The van der Waals surface area contributed by atoms with Crippen molar-refractivity contribution in [3.63, 3.8) is 0 Å². The minimum Gasteiger partial charge on any atom is -0.267 e. The van der Waals surface area contributed by atoms with Gasteiger partial charge in [0.1, 0.15) is 0 Å². The van der Waals surface area contributed by atoms with E-state index in [4.69, 9.17) is 33.3 Å². The summed E-state index contributed by atoms with van der Waals surface area (Å²) >= 11 is 11.1. The Morgan fingerprint density at radius 2 is 1.27 bits per heavy atom. The van der Waals surface area contributed by atoms with Crippen molar-refractivity contribution in [1.82, 2.24) is 0 Å². The van der Waals surface area contributed by atoms with Gasteiger partial charge in [0.25, 0.3) is 0 Å². The molecule has 0 aliphatic heterocycles. The molecule has 0 unspecified atom stereocenters. The van der Waals surface area contributed by atoms with Gasteiger partial charge in [-0.15, -0.1) is 0 Å². The first-order chi connectivity index (χ1) is 5.20. The Bertz CT molecular complexity index is 191. The summed E-state index contributed by atoms with van der Waals surface area (Å²) in [6, 6.07) is 7.02. The average molecular weight is 194 g/mol. The molecule has 3 nitrogen and oxygen atoms in total. The third kappa shape index (κ3) is 5.63. The van der Waals surface area contributed by atoms with E-state index in [1.54, 1.807) is 24.3 Å². The molecule has 0 heterocycles. The number of hydrogen-bond donors (Lipinski definition) is 1. The first-order valence-electron chi connectivity index (χ1n) is 2.61. The molecule has 0 aliphatic rings. The minimum atomic E-state index is 0.250. The van der Waals surface area contributed by atoms with Gasteiger partial charge in [-0.25, -0.2) is 0 Å². The summed E-state index contributed by atoms with van der Waals surface area (Å²) in [7, 11) is 0. The fourth-order valence-electron chi connectivity index (χ4n) is 0.430. The molecule has 0 aliphatic carbocycles. The summed E-state index contributed by atoms with van der Waals surface area (Å²) in [6.07, 6.45) is 0. The molecule has 1 N–H and O–H groups in total. The van der Waals surface area contributed by atoms with Crippen molar-refractivity contribution in [2.45, 2.75) is 0 Å². The van der Waals surface area contributed by atoms with E-state index in [1.807, 2.05) is 0 Å². The SMILES string of the molecule is Clc1ccc(Cl)cc1.O=[NH+][O-]. The molecule has 0 atom stereocenters. The Labute approximate surface area is 73.5 Å². The Morgan fingerprint density at radius 3 is 1.45 bits per heavy atom. The second-order valence-corrected chi connectivity index (χ2v) is 2.39. The summed E-state index contributed by atoms with van der Waals surface area (Å²) in [6.45, 7) is 0. The van der Waals surface area contributed by atoms with Crippen molar-refractivity contribution in [1.29, 1.82) is 0 Å². The van der Waals surface area contributed by atoms with Crippen LogP contribution in [0.15, 0.2) is 24.3 Å². The van der Waals surface area contributed by atoms with Gasteiger partial charge in [0.15, 0.2) is 0 Å². The number of halogens is 2. The number of nitrogens with one attached hydrogen (secondary N) is 1. The second-order valence-electron chi connectivity index (χ2n) is 1.52. The van der Waals surface area contributed by atoms with Crippen LogP contribution < -0.4 is 5.34 Å². The van der Waals surface area contributed by atoms with Crippen molar-refractivity contribution < 1.29 is 5.34 Å². The molecular formula is C6H5Cl2NO2. The van der Waals surface area contributed by atoms with Gasteiger partial charge in [0, 0.05) is 15.4 Å². The topological polar surface area (TPSA) is 54.1 Å². The van der Waals surface area contributed by atoms with Gasteiger partial charge in [-0.05, 0) is 24.3 Å². The van der Waals surface area contributed by atoms with Crippen molar-refractivity contribution in [3.05, 3.63) is 44.4 Å². The highest BCUT2D eigenvalue weighted by molar-refractivity contribution is 6.32. The zero-order chi connectivity index (χ0) is 8.69. The van der Waals surface area contributed by atoms with Gasteiger partial charge >= 0.3 is 0 Å². The average Bonchev–Trinajstić information content (AvgIpc) is 1.97. The largest absolute Gasteiger partial charge is 0.267 e. The Kier molecular flexibility index (Phi) is 5.51. The van der Waals surface area contributed by atoms with Crippen molar-refractivity contribution in [3.8, 4) is 0 Å². The van der Waals surface area contributed by atoms with Gasteiger partial charge in [0.05, 0.1) is 0 Å². The molecule has 0 fully saturated rings. The normalized spacial score (nSPS) is 7.82. The molecule has 0 bridgehead atoms. The van der Waals surface area contributed by atoms with Crippen molar-refractivity contribution >= 4 is 23.2 Å². The molecule has 1 aromatic rings. The van der Waals surface area contributed by atoms with Crippen molar-refractivity contribution in [2.24, 2.45) is 0 Å². The molecule has 60 valence electrons. The second kappa shape index (κ2) is 5.95. The number of hydrogen-bond acceptors (Lipinski definition) is 2. The van der Waals surface area contributed by atoms with Crippen LogP contribution in [0.25, 0.3) is 0 Å². The zero-order valence-corrected chi connectivity index (χ0v) is 6.89. The first-order valence-corrected chi connectivity index (χ1v) is 3.36.